The Hall–Kier alpha value is -1.96. The molecule has 0 unspecified atom stereocenters. The number of benzene rings is 2. The lowest BCUT2D eigenvalue weighted by Gasteiger charge is -2.03. The zero-order chi connectivity index (χ0) is 16.6. The van der Waals surface area contributed by atoms with Crippen LogP contribution in [-0.2, 0) is 9.84 Å². The highest BCUT2D eigenvalue weighted by atomic mass is 35.5. The molecule has 0 saturated carbocycles. The lowest BCUT2D eigenvalue weighted by molar-refractivity contribution is -0.649. The molecule has 0 radical (unpaired) electrons. The maximum absolute atomic E-state index is 12.0. The second kappa shape index (κ2) is 5.92. The van der Waals surface area contributed by atoms with Crippen LogP contribution in [0.3, 0.4) is 0 Å². The lowest BCUT2D eigenvalue weighted by atomic mass is 10.1. The number of nitrogens with zero attached hydrogens (tertiary/aromatic N) is 2. The van der Waals surface area contributed by atoms with Crippen molar-refractivity contribution >= 4 is 33.0 Å². The molecule has 118 valence electrons. The van der Waals surface area contributed by atoms with E-state index in [0.717, 1.165) is 23.4 Å². The Morgan fingerprint density at radius 1 is 1.13 bits per heavy atom. The van der Waals surface area contributed by atoms with Gasteiger partial charge in [0.2, 0.25) is 0 Å². The van der Waals surface area contributed by atoms with E-state index in [9.17, 15) is 13.6 Å². The smallest absolute Gasteiger partial charge is 0.272 e. The van der Waals surface area contributed by atoms with Crippen molar-refractivity contribution in [1.29, 1.82) is 0 Å². The van der Waals surface area contributed by atoms with Crippen molar-refractivity contribution in [1.82, 2.24) is 4.49 Å². The van der Waals surface area contributed by atoms with Gasteiger partial charge in [-0.1, -0.05) is 29.8 Å². The maximum atomic E-state index is 12.0. The molecule has 0 fully saturated rings. The van der Waals surface area contributed by atoms with E-state index in [-0.39, 0.29) is 4.90 Å². The van der Waals surface area contributed by atoms with Crippen molar-refractivity contribution in [2.75, 3.05) is 6.26 Å². The third kappa shape index (κ3) is 3.21. The fourth-order valence-electron chi connectivity index (χ4n) is 2.17. The summed E-state index contributed by atoms with van der Waals surface area (Å²) in [6.07, 6.45) is 1.15. The number of rotatable bonds is 3. The zero-order valence-electron chi connectivity index (χ0n) is 11.9. The molecule has 0 aliphatic heterocycles. The molecule has 0 aliphatic carbocycles. The topological polar surface area (TPSA) is 74.0 Å². The summed E-state index contributed by atoms with van der Waals surface area (Å²) in [4.78, 5) is 1.43. The van der Waals surface area contributed by atoms with Gasteiger partial charge in [-0.3, -0.25) is 0 Å². The van der Waals surface area contributed by atoms with Gasteiger partial charge in [0.1, 0.15) is 4.88 Å². The van der Waals surface area contributed by atoms with Crippen LogP contribution in [0.1, 0.15) is 0 Å². The van der Waals surface area contributed by atoms with Gasteiger partial charge in [-0.05, 0) is 35.2 Å². The minimum absolute atomic E-state index is 0.227. The van der Waals surface area contributed by atoms with Crippen LogP contribution in [0.15, 0.2) is 53.4 Å². The molecule has 0 aliphatic rings. The van der Waals surface area contributed by atoms with Gasteiger partial charge in [-0.25, -0.2) is 8.42 Å². The van der Waals surface area contributed by atoms with Gasteiger partial charge in [-0.15, -0.1) is 0 Å². The van der Waals surface area contributed by atoms with E-state index in [1.807, 2.05) is 0 Å². The van der Waals surface area contributed by atoms with Crippen molar-refractivity contribution in [3.63, 3.8) is 0 Å². The molecule has 0 N–H and O–H groups in total. The first kappa shape index (κ1) is 15.9. The molecule has 1 aromatic heterocycles. The molecule has 0 bridgehead atoms. The molecule has 2 aromatic carbocycles. The normalized spacial score (nSPS) is 11.6. The van der Waals surface area contributed by atoms with E-state index in [1.54, 1.807) is 36.4 Å². The maximum Gasteiger partial charge on any atom is 0.272 e. The summed E-state index contributed by atoms with van der Waals surface area (Å²) >= 11 is 7.04. The molecule has 3 rings (SSSR count). The molecule has 0 amide bonds. The third-order valence-electron chi connectivity index (χ3n) is 3.26. The summed E-state index contributed by atoms with van der Waals surface area (Å²) in [6.45, 7) is 0. The Morgan fingerprint density at radius 3 is 2.43 bits per heavy atom. The van der Waals surface area contributed by atoms with E-state index in [4.69, 9.17) is 11.6 Å². The van der Waals surface area contributed by atoms with Crippen molar-refractivity contribution in [2.45, 2.75) is 4.90 Å². The van der Waals surface area contributed by atoms with E-state index in [1.165, 1.54) is 12.1 Å². The van der Waals surface area contributed by atoms with Gasteiger partial charge < -0.3 is 5.21 Å². The minimum Gasteiger partial charge on any atom is -0.593 e. The Balaban J connectivity index is 2.12. The molecular formula is C15H11ClN2O3S2. The highest BCUT2D eigenvalue weighted by Gasteiger charge is 2.22. The molecule has 3 aromatic rings. The molecule has 23 heavy (non-hydrogen) atoms. The van der Waals surface area contributed by atoms with E-state index in [2.05, 4.69) is 4.49 Å². The van der Waals surface area contributed by atoms with Crippen LogP contribution in [-0.4, -0.2) is 19.2 Å². The SMILES string of the molecule is CS(=O)(=O)c1ccc(-c2sn[n+]([O-])c2-c2cccc(Cl)c2)cc1. The fourth-order valence-corrected chi connectivity index (χ4v) is 3.75. The van der Waals surface area contributed by atoms with Gasteiger partial charge in [-0.2, -0.15) is 0 Å². The zero-order valence-corrected chi connectivity index (χ0v) is 14.3. The quantitative estimate of drug-likeness (QED) is 0.527. The highest BCUT2D eigenvalue weighted by Crippen LogP contribution is 2.33. The molecule has 8 heteroatoms. The van der Waals surface area contributed by atoms with E-state index >= 15 is 0 Å². The summed E-state index contributed by atoms with van der Waals surface area (Å²) in [5.41, 5.74) is 1.77. The number of halogens is 1. The summed E-state index contributed by atoms with van der Waals surface area (Å²) in [5.74, 6) is 0. The molecule has 0 spiro atoms. The predicted octanol–water partition coefficient (Wildman–Crippen LogP) is 3.17. The van der Waals surface area contributed by atoms with E-state index in [0.29, 0.717) is 26.0 Å². The Labute approximate surface area is 142 Å². The third-order valence-corrected chi connectivity index (χ3v) is 5.46. The van der Waals surface area contributed by atoms with Crippen LogP contribution in [0.2, 0.25) is 5.02 Å². The largest absolute Gasteiger partial charge is 0.593 e. The summed E-state index contributed by atoms with van der Waals surface area (Å²) < 4.78 is 26.9. The monoisotopic (exact) mass is 366 g/mol. The van der Waals surface area contributed by atoms with Crippen LogP contribution in [0.4, 0.5) is 0 Å². The number of sulfone groups is 1. The van der Waals surface area contributed by atoms with Gasteiger partial charge in [0, 0.05) is 28.4 Å². The second-order valence-electron chi connectivity index (χ2n) is 4.93. The Bertz CT molecular complexity index is 967. The van der Waals surface area contributed by atoms with Gasteiger partial charge in [0.15, 0.2) is 9.84 Å². The first-order chi connectivity index (χ1) is 10.9. The van der Waals surface area contributed by atoms with Crippen LogP contribution < -0.4 is 4.85 Å². The van der Waals surface area contributed by atoms with Gasteiger partial charge in [0.25, 0.3) is 5.69 Å². The number of hydrogen-bond donors (Lipinski definition) is 0. The van der Waals surface area contributed by atoms with Crippen LogP contribution >= 0.6 is 23.1 Å². The first-order valence-electron chi connectivity index (χ1n) is 6.52. The highest BCUT2D eigenvalue weighted by molar-refractivity contribution is 7.90. The standard InChI is InChI=1S/C15H11ClN2O3S2/c1-23(20,21)13-7-5-10(6-8-13)15-14(18(19)17-22-15)11-3-2-4-12(16)9-11/h2-9H,1H3. The van der Waals surface area contributed by atoms with Crippen molar-refractivity contribution < 1.29 is 13.3 Å². The fraction of sp³-hybridized carbons (Fsp3) is 0.0667. The Morgan fingerprint density at radius 2 is 1.83 bits per heavy atom. The van der Waals surface area contributed by atoms with Crippen LogP contribution in [0.5, 0.6) is 0 Å². The molecule has 0 atom stereocenters. The second-order valence-corrected chi connectivity index (χ2v) is 8.14. The first-order valence-corrected chi connectivity index (χ1v) is 9.56. The summed E-state index contributed by atoms with van der Waals surface area (Å²) in [7, 11) is -3.26. The molecule has 5 nitrogen and oxygen atoms in total. The average molecular weight is 367 g/mol. The van der Waals surface area contributed by atoms with Gasteiger partial charge >= 0.3 is 0 Å². The Kier molecular flexibility index (Phi) is 4.09. The van der Waals surface area contributed by atoms with E-state index < -0.39 is 9.84 Å². The molecule has 0 saturated heterocycles. The van der Waals surface area contributed by atoms with Crippen LogP contribution in [0.25, 0.3) is 21.7 Å². The predicted molar refractivity (Wildman–Crippen MR) is 90.1 cm³/mol. The van der Waals surface area contributed by atoms with Crippen molar-refractivity contribution in [3.8, 4) is 21.7 Å². The average Bonchev–Trinajstić information content (AvgIpc) is 2.88. The van der Waals surface area contributed by atoms with Crippen molar-refractivity contribution in [3.05, 3.63) is 58.8 Å². The van der Waals surface area contributed by atoms with Crippen LogP contribution in [0, 0.1) is 5.21 Å². The van der Waals surface area contributed by atoms with Gasteiger partial charge in [0.05, 0.1) is 14.9 Å². The lowest BCUT2D eigenvalue weighted by Crippen LogP contribution is -2.29. The molecular weight excluding hydrogens is 356 g/mol. The summed E-state index contributed by atoms with van der Waals surface area (Å²) in [6, 6.07) is 13.3. The molecule has 1 heterocycles. The van der Waals surface area contributed by atoms with Crippen molar-refractivity contribution in [2.24, 2.45) is 0 Å². The minimum atomic E-state index is -3.26. The number of hydrogen-bond acceptors (Lipinski definition) is 5. The number of aromatic nitrogens is 2. The summed E-state index contributed by atoms with van der Waals surface area (Å²) in [5, 5.41) is 12.5.